The van der Waals surface area contributed by atoms with Gasteiger partial charge in [0.15, 0.2) is 0 Å². The first-order valence-electron chi connectivity index (χ1n) is 8.95. The van der Waals surface area contributed by atoms with Crippen LogP contribution in [0.2, 0.25) is 0 Å². The number of carboxylic acids is 1. The molecule has 1 aromatic heterocycles. The van der Waals surface area contributed by atoms with Gasteiger partial charge in [-0.15, -0.1) is 6.58 Å². The molecule has 1 aromatic carbocycles. The second kappa shape index (κ2) is 6.66. The number of ether oxygens (including phenoxy) is 1. The first-order chi connectivity index (χ1) is 13.0. The number of carbonyl (C=O) groups excluding carboxylic acids is 1. The van der Waals surface area contributed by atoms with Crippen molar-refractivity contribution in [3.63, 3.8) is 0 Å². The minimum Gasteiger partial charge on any atom is -0.479 e. The standard InChI is InChI=1S/C20H21N3O4/c1-2-13-10-20(13,19(25)26)23-17(24)16-9-14(11-22-16)27-18-15-6-4-3-5-12(15)7-8-21-18/h2-8,13-14,16,22H,1,9-11H2,(H,23,24)(H,25,26). The fourth-order valence-electron chi connectivity index (χ4n) is 3.66. The molecule has 0 spiro atoms. The zero-order chi connectivity index (χ0) is 19.0. The highest BCUT2D eigenvalue weighted by atomic mass is 16.5. The van der Waals surface area contributed by atoms with E-state index in [4.69, 9.17) is 4.74 Å². The second-order valence-corrected chi connectivity index (χ2v) is 7.09. The number of rotatable bonds is 6. The van der Waals surface area contributed by atoms with Crippen molar-refractivity contribution < 1.29 is 19.4 Å². The third-order valence-electron chi connectivity index (χ3n) is 5.35. The van der Waals surface area contributed by atoms with Crippen LogP contribution in [-0.2, 0) is 9.59 Å². The van der Waals surface area contributed by atoms with Crippen molar-refractivity contribution in [3.05, 3.63) is 49.2 Å². The summed E-state index contributed by atoms with van der Waals surface area (Å²) >= 11 is 0. The zero-order valence-corrected chi connectivity index (χ0v) is 14.7. The number of carbonyl (C=O) groups is 2. The van der Waals surface area contributed by atoms with Gasteiger partial charge in [0.2, 0.25) is 11.8 Å². The fourth-order valence-corrected chi connectivity index (χ4v) is 3.66. The molecule has 2 fully saturated rings. The van der Waals surface area contributed by atoms with Crippen molar-refractivity contribution in [1.82, 2.24) is 15.6 Å². The summed E-state index contributed by atoms with van der Waals surface area (Å²) in [5, 5.41) is 17.2. The van der Waals surface area contributed by atoms with E-state index in [0.717, 1.165) is 10.8 Å². The van der Waals surface area contributed by atoms with Gasteiger partial charge in [0.1, 0.15) is 11.6 Å². The summed E-state index contributed by atoms with van der Waals surface area (Å²) in [5.41, 5.74) is -1.21. The summed E-state index contributed by atoms with van der Waals surface area (Å²) in [7, 11) is 0. The van der Waals surface area contributed by atoms with Gasteiger partial charge in [0.25, 0.3) is 0 Å². The quantitative estimate of drug-likeness (QED) is 0.669. The number of aliphatic carboxylic acids is 1. The monoisotopic (exact) mass is 367 g/mol. The van der Waals surface area contributed by atoms with E-state index in [1.165, 1.54) is 0 Å². The molecule has 4 atom stereocenters. The van der Waals surface area contributed by atoms with E-state index in [-0.39, 0.29) is 17.9 Å². The van der Waals surface area contributed by atoms with E-state index in [9.17, 15) is 14.7 Å². The number of pyridine rings is 1. The molecule has 7 heteroatoms. The lowest BCUT2D eigenvalue weighted by molar-refractivity contribution is -0.143. The van der Waals surface area contributed by atoms with Gasteiger partial charge < -0.3 is 20.5 Å². The summed E-state index contributed by atoms with van der Waals surface area (Å²) in [4.78, 5) is 28.4. The Morgan fingerprint density at radius 2 is 2.19 bits per heavy atom. The molecule has 1 aliphatic heterocycles. The number of nitrogens with one attached hydrogen (secondary N) is 2. The van der Waals surface area contributed by atoms with Gasteiger partial charge in [-0.1, -0.05) is 24.3 Å². The number of hydrogen-bond acceptors (Lipinski definition) is 5. The molecule has 1 saturated carbocycles. The van der Waals surface area contributed by atoms with Crippen LogP contribution < -0.4 is 15.4 Å². The third kappa shape index (κ3) is 3.14. The van der Waals surface area contributed by atoms with Crippen LogP contribution in [0, 0.1) is 5.92 Å². The van der Waals surface area contributed by atoms with Gasteiger partial charge in [0, 0.05) is 30.5 Å². The molecule has 4 unspecified atom stereocenters. The van der Waals surface area contributed by atoms with Crippen LogP contribution in [0.15, 0.2) is 49.2 Å². The Balaban J connectivity index is 1.41. The Hall–Kier alpha value is -2.93. The van der Waals surface area contributed by atoms with Gasteiger partial charge >= 0.3 is 5.97 Å². The molecule has 4 rings (SSSR count). The Morgan fingerprint density at radius 1 is 1.37 bits per heavy atom. The van der Waals surface area contributed by atoms with Gasteiger partial charge in [-0.05, 0) is 23.9 Å². The first kappa shape index (κ1) is 17.5. The van der Waals surface area contributed by atoms with Crippen LogP contribution in [-0.4, -0.2) is 46.2 Å². The highest BCUT2D eigenvalue weighted by Gasteiger charge is 2.60. The highest BCUT2D eigenvalue weighted by molar-refractivity contribution is 5.93. The smallest absolute Gasteiger partial charge is 0.330 e. The molecule has 1 amide bonds. The Morgan fingerprint density at radius 3 is 2.93 bits per heavy atom. The minimum atomic E-state index is -1.21. The maximum absolute atomic E-state index is 12.5. The average molecular weight is 367 g/mol. The van der Waals surface area contributed by atoms with E-state index in [0.29, 0.717) is 25.3 Å². The van der Waals surface area contributed by atoms with Crippen molar-refractivity contribution in [2.45, 2.75) is 30.5 Å². The molecular formula is C20H21N3O4. The van der Waals surface area contributed by atoms with Crippen LogP contribution in [0.3, 0.4) is 0 Å². The van der Waals surface area contributed by atoms with Gasteiger partial charge in [-0.3, -0.25) is 4.79 Å². The van der Waals surface area contributed by atoms with Crippen LogP contribution >= 0.6 is 0 Å². The predicted octanol–water partition coefficient (Wildman–Crippen LogP) is 1.49. The molecule has 1 aliphatic carbocycles. The Labute approximate surface area is 156 Å². The molecular weight excluding hydrogens is 346 g/mol. The van der Waals surface area contributed by atoms with Crippen LogP contribution in [0.1, 0.15) is 12.8 Å². The molecule has 3 N–H and O–H groups in total. The SMILES string of the molecule is C=CC1CC1(NC(=O)C1CC(Oc2nccc3ccccc23)CN1)C(=O)O. The predicted molar refractivity (Wildman–Crippen MR) is 99.4 cm³/mol. The van der Waals surface area contributed by atoms with Crippen molar-refractivity contribution in [2.75, 3.05) is 6.54 Å². The van der Waals surface area contributed by atoms with Crippen LogP contribution in [0.4, 0.5) is 0 Å². The number of fused-ring (bicyclic) bond motifs is 1. The molecule has 2 aromatic rings. The number of amides is 1. The maximum Gasteiger partial charge on any atom is 0.330 e. The van der Waals surface area contributed by atoms with Crippen molar-refractivity contribution in [1.29, 1.82) is 0 Å². The number of carboxylic acid groups (broad SMARTS) is 1. The lowest BCUT2D eigenvalue weighted by atomic mass is 10.1. The van der Waals surface area contributed by atoms with E-state index in [1.807, 2.05) is 30.3 Å². The Bertz CT molecular complexity index is 910. The van der Waals surface area contributed by atoms with Gasteiger partial charge in [-0.2, -0.15) is 0 Å². The fraction of sp³-hybridized carbons (Fsp3) is 0.350. The molecule has 27 heavy (non-hydrogen) atoms. The molecule has 0 bridgehead atoms. The first-order valence-corrected chi connectivity index (χ1v) is 8.95. The van der Waals surface area contributed by atoms with E-state index >= 15 is 0 Å². The van der Waals surface area contributed by atoms with E-state index in [1.54, 1.807) is 12.3 Å². The maximum atomic E-state index is 12.5. The largest absolute Gasteiger partial charge is 0.479 e. The number of nitrogens with zero attached hydrogens (tertiary/aromatic N) is 1. The molecule has 140 valence electrons. The van der Waals surface area contributed by atoms with Gasteiger partial charge in [-0.25, -0.2) is 9.78 Å². The minimum absolute atomic E-state index is 0.214. The van der Waals surface area contributed by atoms with Crippen molar-refractivity contribution in [3.8, 4) is 5.88 Å². The summed E-state index contributed by atoms with van der Waals surface area (Å²) in [5.74, 6) is -1.03. The summed E-state index contributed by atoms with van der Waals surface area (Å²) in [6.45, 7) is 4.13. The average Bonchev–Trinajstić information content (AvgIpc) is 3.19. The second-order valence-electron chi connectivity index (χ2n) is 7.09. The lowest BCUT2D eigenvalue weighted by Gasteiger charge is -2.18. The van der Waals surface area contributed by atoms with Crippen LogP contribution in [0.25, 0.3) is 10.8 Å². The number of benzene rings is 1. The molecule has 2 heterocycles. The topological polar surface area (TPSA) is 101 Å². The summed E-state index contributed by atoms with van der Waals surface area (Å²) in [6.07, 6.45) is 3.89. The summed E-state index contributed by atoms with van der Waals surface area (Å²) in [6, 6.07) is 9.25. The normalized spacial score (nSPS) is 29.3. The van der Waals surface area contributed by atoms with Crippen LogP contribution in [0.5, 0.6) is 5.88 Å². The van der Waals surface area contributed by atoms with Crippen molar-refractivity contribution >= 4 is 22.6 Å². The van der Waals surface area contributed by atoms with Gasteiger partial charge in [0.05, 0.1) is 6.04 Å². The summed E-state index contributed by atoms with van der Waals surface area (Å²) < 4.78 is 6.02. The number of hydrogen-bond donors (Lipinski definition) is 3. The van der Waals surface area contributed by atoms with Crippen molar-refractivity contribution in [2.24, 2.45) is 5.92 Å². The molecule has 2 aliphatic rings. The highest BCUT2D eigenvalue weighted by Crippen LogP contribution is 2.44. The third-order valence-corrected chi connectivity index (χ3v) is 5.35. The molecule has 0 radical (unpaired) electrons. The lowest BCUT2D eigenvalue weighted by Crippen LogP contribution is -2.51. The number of aromatic nitrogens is 1. The molecule has 1 saturated heterocycles. The van der Waals surface area contributed by atoms with E-state index in [2.05, 4.69) is 22.2 Å². The molecule has 7 nitrogen and oxygen atoms in total. The Kier molecular flexibility index (Phi) is 4.31. The zero-order valence-electron chi connectivity index (χ0n) is 14.7. The van der Waals surface area contributed by atoms with E-state index < -0.39 is 17.6 Å².